The van der Waals surface area contributed by atoms with E-state index in [-0.39, 0.29) is 0 Å². The van der Waals surface area contributed by atoms with E-state index in [0.717, 1.165) is 25.0 Å². The minimum Gasteiger partial charge on any atom is -0.444 e. The van der Waals surface area contributed by atoms with Crippen LogP contribution in [0.25, 0.3) is 0 Å². The highest BCUT2D eigenvalue weighted by molar-refractivity contribution is 5.39. The third-order valence-electron chi connectivity index (χ3n) is 2.96. The molecule has 0 atom stereocenters. The summed E-state index contributed by atoms with van der Waals surface area (Å²) in [5.74, 6) is 0.491. The lowest BCUT2D eigenvalue weighted by Crippen LogP contribution is -2.47. The highest BCUT2D eigenvalue weighted by atomic mass is 16.7. The van der Waals surface area contributed by atoms with E-state index >= 15 is 0 Å². The van der Waals surface area contributed by atoms with Gasteiger partial charge < -0.3 is 4.74 Å². The molecule has 0 bridgehead atoms. The van der Waals surface area contributed by atoms with Crippen molar-refractivity contribution in [2.45, 2.75) is 25.7 Å². The molecule has 1 aliphatic carbocycles. The van der Waals surface area contributed by atoms with Gasteiger partial charge >= 0.3 is 5.88 Å². The first kappa shape index (κ1) is 10.7. The maximum atomic E-state index is 9.07. The van der Waals surface area contributed by atoms with Gasteiger partial charge in [0.25, 0.3) is 0 Å². The Kier molecular flexibility index (Phi) is 2.95. The van der Waals surface area contributed by atoms with E-state index in [2.05, 4.69) is 6.07 Å². The van der Waals surface area contributed by atoms with E-state index in [4.69, 9.17) is 14.8 Å². The predicted octanol–water partition coefficient (Wildman–Crippen LogP) is 0.792. The molecular formula is C12H15N2O2+. The van der Waals surface area contributed by atoms with Crippen LogP contribution in [0.3, 0.4) is 0 Å². The van der Waals surface area contributed by atoms with Crippen molar-refractivity contribution in [3.63, 3.8) is 0 Å². The summed E-state index contributed by atoms with van der Waals surface area (Å²) in [5.41, 5.74) is 2.86. The Balaban J connectivity index is 2.65. The molecule has 0 saturated heterocycles. The molecule has 0 aliphatic heterocycles. The van der Waals surface area contributed by atoms with Gasteiger partial charge in [0, 0.05) is 12.0 Å². The molecule has 1 aliphatic rings. The molecule has 1 aromatic rings. The van der Waals surface area contributed by atoms with Crippen molar-refractivity contribution in [2.24, 2.45) is 0 Å². The standard InChI is InChI=1S/C12H15N2O2/c1-15-12-10(8-13)7-9-5-3-4-6-11(9)14(12)16-2/h7H,3-6H2,1-2H3/q+1. The number of ether oxygens (including phenoxy) is 1. The van der Waals surface area contributed by atoms with Crippen LogP contribution in [0, 0.1) is 11.3 Å². The largest absolute Gasteiger partial charge is 0.444 e. The number of aromatic nitrogens is 1. The van der Waals surface area contributed by atoms with Crippen LogP contribution in [0.2, 0.25) is 0 Å². The fraction of sp³-hybridized carbons (Fsp3) is 0.500. The van der Waals surface area contributed by atoms with Gasteiger partial charge in [-0.2, -0.15) is 5.26 Å². The van der Waals surface area contributed by atoms with Gasteiger partial charge in [-0.25, -0.2) is 0 Å². The first-order valence-electron chi connectivity index (χ1n) is 5.41. The molecule has 4 nitrogen and oxygen atoms in total. The van der Waals surface area contributed by atoms with Crippen LogP contribution in [0.4, 0.5) is 0 Å². The van der Waals surface area contributed by atoms with Crippen LogP contribution >= 0.6 is 0 Å². The molecule has 4 heteroatoms. The van der Waals surface area contributed by atoms with E-state index in [1.807, 2.05) is 6.07 Å². The number of nitrogens with zero attached hydrogens (tertiary/aromatic N) is 2. The molecule has 0 unspecified atom stereocenters. The van der Waals surface area contributed by atoms with Gasteiger partial charge in [-0.1, -0.05) is 0 Å². The third kappa shape index (κ3) is 1.58. The average Bonchev–Trinajstić information content (AvgIpc) is 2.36. The Hall–Kier alpha value is -1.76. The van der Waals surface area contributed by atoms with Crippen LogP contribution in [0.15, 0.2) is 6.07 Å². The lowest BCUT2D eigenvalue weighted by molar-refractivity contribution is -0.892. The fourth-order valence-corrected chi connectivity index (χ4v) is 2.23. The summed E-state index contributed by atoms with van der Waals surface area (Å²) in [7, 11) is 3.15. The summed E-state index contributed by atoms with van der Waals surface area (Å²) in [6.45, 7) is 0. The van der Waals surface area contributed by atoms with Crippen molar-refractivity contribution < 1.29 is 14.3 Å². The monoisotopic (exact) mass is 219 g/mol. The van der Waals surface area contributed by atoms with Crippen LogP contribution in [-0.2, 0) is 12.8 Å². The molecule has 1 heterocycles. The summed E-state index contributed by atoms with van der Waals surface area (Å²) < 4.78 is 6.89. The van der Waals surface area contributed by atoms with E-state index in [1.165, 1.54) is 12.0 Å². The molecule has 0 saturated carbocycles. The van der Waals surface area contributed by atoms with Gasteiger partial charge in [0.15, 0.2) is 5.56 Å². The lowest BCUT2D eigenvalue weighted by atomic mass is 9.95. The maximum absolute atomic E-state index is 9.07. The second kappa shape index (κ2) is 4.40. The molecule has 0 N–H and O–H groups in total. The van der Waals surface area contributed by atoms with Gasteiger partial charge in [0.05, 0.1) is 11.8 Å². The van der Waals surface area contributed by atoms with Crippen LogP contribution in [-0.4, -0.2) is 14.2 Å². The Labute approximate surface area is 95.0 Å². The SMILES string of the molecule is COc1c(C#N)cc2c([n+]1OC)CCCC2. The molecule has 16 heavy (non-hydrogen) atoms. The van der Waals surface area contributed by atoms with Crippen LogP contribution in [0.5, 0.6) is 5.88 Å². The predicted molar refractivity (Wildman–Crippen MR) is 57.1 cm³/mol. The molecule has 84 valence electrons. The van der Waals surface area contributed by atoms with Gasteiger partial charge in [-0.3, -0.25) is 4.84 Å². The maximum Gasteiger partial charge on any atom is 0.435 e. The second-order valence-electron chi connectivity index (χ2n) is 3.84. The van der Waals surface area contributed by atoms with E-state index in [9.17, 15) is 0 Å². The number of methoxy groups -OCH3 is 1. The Morgan fingerprint density at radius 2 is 2.06 bits per heavy atom. The number of hydrogen-bond donors (Lipinski definition) is 0. The number of fused-ring (bicyclic) bond motifs is 1. The topological polar surface area (TPSA) is 46.1 Å². The summed E-state index contributed by atoms with van der Waals surface area (Å²) in [4.78, 5) is 5.32. The van der Waals surface area contributed by atoms with Gasteiger partial charge in [-0.05, 0) is 25.3 Å². The Bertz CT molecular complexity index is 449. The molecule has 2 rings (SSSR count). The smallest absolute Gasteiger partial charge is 0.435 e. The van der Waals surface area contributed by atoms with Gasteiger partial charge in [0.2, 0.25) is 5.69 Å². The number of rotatable bonds is 2. The average molecular weight is 219 g/mol. The van der Waals surface area contributed by atoms with Crippen molar-refractivity contribution in [1.82, 2.24) is 0 Å². The molecule has 0 aromatic carbocycles. The molecule has 0 radical (unpaired) electrons. The first-order valence-corrected chi connectivity index (χ1v) is 5.41. The van der Waals surface area contributed by atoms with Crippen LogP contribution in [0.1, 0.15) is 29.7 Å². The second-order valence-corrected chi connectivity index (χ2v) is 3.84. The van der Waals surface area contributed by atoms with Crippen molar-refractivity contribution in [1.29, 1.82) is 5.26 Å². The molecule has 1 aromatic heterocycles. The summed E-state index contributed by atoms with van der Waals surface area (Å²) in [5, 5.41) is 9.07. The highest BCUT2D eigenvalue weighted by Gasteiger charge is 2.30. The fourth-order valence-electron chi connectivity index (χ4n) is 2.23. The zero-order chi connectivity index (χ0) is 11.5. The van der Waals surface area contributed by atoms with Crippen molar-refractivity contribution in [3.05, 3.63) is 22.9 Å². The molecule has 0 spiro atoms. The number of aryl methyl sites for hydroxylation is 1. The normalized spacial score (nSPS) is 13.8. The summed E-state index contributed by atoms with van der Waals surface area (Å²) in [6.07, 6.45) is 4.32. The zero-order valence-corrected chi connectivity index (χ0v) is 9.62. The van der Waals surface area contributed by atoms with E-state index < -0.39 is 0 Å². The van der Waals surface area contributed by atoms with Gasteiger partial charge in [-0.15, -0.1) is 0 Å². The Morgan fingerprint density at radius 1 is 1.31 bits per heavy atom. The zero-order valence-electron chi connectivity index (χ0n) is 9.62. The van der Waals surface area contributed by atoms with Crippen molar-refractivity contribution in [3.8, 4) is 11.9 Å². The van der Waals surface area contributed by atoms with Gasteiger partial charge in [0.1, 0.15) is 13.2 Å². The van der Waals surface area contributed by atoms with Crippen LogP contribution < -0.4 is 14.3 Å². The highest BCUT2D eigenvalue weighted by Crippen LogP contribution is 2.23. The first-order chi connectivity index (χ1) is 7.81. The minimum atomic E-state index is 0.491. The molecule has 0 amide bonds. The van der Waals surface area contributed by atoms with E-state index in [1.54, 1.807) is 19.0 Å². The lowest BCUT2D eigenvalue weighted by Gasteiger charge is -2.13. The summed E-state index contributed by atoms with van der Waals surface area (Å²) in [6, 6.07) is 4.06. The Morgan fingerprint density at radius 3 is 2.69 bits per heavy atom. The number of hydrogen-bond acceptors (Lipinski definition) is 3. The quantitative estimate of drug-likeness (QED) is 0.691. The number of pyridine rings is 1. The molecule has 0 fully saturated rings. The van der Waals surface area contributed by atoms with Crippen molar-refractivity contribution >= 4 is 0 Å². The summed E-state index contributed by atoms with van der Waals surface area (Å²) >= 11 is 0. The number of nitriles is 1. The van der Waals surface area contributed by atoms with Crippen molar-refractivity contribution in [2.75, 3.05) is 14.2 Å². The minimum absolute atomic E-state index is 0.491. The molecular weight excluding hydrogens is 204 g/mol. The van der Waals surface area contributed by atoms with E-state index in [0.29, 0.717) is 11.4 Å². The third-order valence-corrected chi connectivity index (χ3v) is 2.96.